The summed E-state index contributed by atoms with van der Waals surface area (Å²) in [5.74, 6) is 0.706. The average molecular weight is 321 g/mol. The molecule has 1 aromatic rings. The van der Waals surface area contributed by atoms with Gasteiger partial charge in [-0.3, -0.25) is 4.79 Å². The normalized spacial score (nSPS) is 10.1. The molecule has 0 saturated carbocycles. The minimum atomic E-state index is -0.0635. The second-order valence-corrected chi connectivity index (χ2v) is 4.51. The molecule has 0 atom stereocenters. The molecule has 0 bridgehead atoms. The van der Waals surface area contributed by atoms with E-state index in [1.165, 1.54) is 0 Å². The molecule has 1 N–H and O–H groups in total. The predicted octanol–water partition coefficient (Wildman–Crippen LogP) is 3.14. The highest BCUT2D eigenvalue weighted by molar-refractivity contribution is 9.09. The summed E-state index contributed by atoms with van der Waals surface area (Å²) in [6.45, 7) is 3.12. The lowest BCUT2D eigenvalue weighted by Crippen LogP contribution is -2.23. The molecule has 0 saturated heterocycles. The Labute approximate surface area is 115 Å². The number of alkyl halides is 1. The first kappa shape index (κ1) is 14.3. The molecule has 0 unspecified atom stereocenters. The van der Waals surface area contributed by atoms with Crippen molar-refractivity contribution in [2.24, 2.45) is 0 Å². The lowest BCUT2D eigenvalue weighted by atomic mass is 10.2. The van der Waals surface area contributed by atoms with Crippen molar-refractivity contribution >= 4 is 33.4 Å². The van der Waals surface area contributed by atoms with Crippen LogP contribution in [-0.2, 0) is 11.3 Å². The van der Waals surface area contributed by atoms with Crippen LogP contribution in [0.3, 0.4) is 0 Å². The second kappa shape index (κ2) is 7.56. The van der Waals surface area contributed by atoms with Crippen molar-refractivity contribution in [3.05, 3.63) is 28.8 Å². The Morgan fingerprint density at radius 2 is 2.29 bits per heavy atom. The summed E-state index contributed by atoms with van der Waals surface area (Å²) in [5.41, 5.74) is 0.889. The van der Waals surface area contributed by atoms with E-state index in [2.05, 4.69) is 21.2 Å². The molecule has 1 amide bonds. The molecule has 0 aliphatic carbocycles. The minimum Gasteiger partial charge on any atom is -0.493 e. The van der Waals surface area contributed by atoms with Crippen molar-refractivity contribution in [2.75, 3.05) is 11.9 Å². The summed E-state index contributed by atoms with van der Waals surface area (Å²) in [6.07, 6.45) is 0.940. The fourth-order valence-corrected chi connectivity index (χ4v) is 1.67. The third-order valence-corrected chi connectivity index (χ3v) is 2.83. The predicted molar refractivity (Wildman–Crippen MR) is 72.9 cm³/mol. The lowest BCUT2D eigenvalue weighted by Gasteiger charge is -2.11. The lowest BCUT2D eigenvalue weighted by molar-refractivity contribution is -0.118. The van der Waals surface area contributed by atoms with Gasteiger partial charge in [-0.2, -0.15) is 0 Å². The molecule has 0 aliphatic rings. The molecular formula is C12H15BrClNO2. The third kappa shape index (κ3) is 4.96. The summed E-state index contributed by atoms with van der Waals surface area (Å²) in [4.78, 5) is 11.2. The average Bonchev–Trinajstić information content (AvgIpc) is 2.34. The van der Waals surface area contributed by atoms with Gasteiger partial charge in [0.2, 0.25) is 5.91 Å². The van der Waals surface area contributed by atoms with Crippen molar-refractivity contribution in [2.45, 2.75) is 19.9 Å². The number of hydrogen-bond donors (Lipinski definition) is 1. The van der Waals surface area contributed by atoms with Gasteiger partial charge in [-0.05, 0) is 24.6 Å². The van der Waals surface area contributed by atoms with E-state index in [9.17, 15) is 4.79 Å². The van der Waals surface area contributed by atoms with Crippen LogP contribution in [0.1, 0.15) is 18.9 Å². The number of benzene rings is 1. The number of ether oxygens (including phenoxy) is 1. The van der Waals surface area contributed by atoms with Crippen molar-refractivity contribution < 1.29 is 9.53 Å². The van der Waals surface area contributed by atoms with E-state index in [-0.39, 0.29) is 5.91 Å². The van der Waals surface area contributed by atoms with E-state index in [0.29, 0.717) is 23.5 Å². The van der Waals surface area contributed by atoms with Gasteiger partial charge < -0.3 is 10.1 Å². The molecule has 0 spiro atoms. The topological polar surface area (TPSA) is 38.3 Å². The highest BCUT2D eigenvalue weighted by Crippen LogP contribution is 2.23. The van der Waals surface area contributed by atoms with E-state index in [1.54, 1.807) is 12.1 Å². The van der Waals surface area contributed by atoms with Crippen LogP contribution in [0.2, 0.25) is 5.02 Å². The van der Waals surface area contributed by atoms with E-state index in [0.717, 1.165) is 17.7 Å². The molecule has 5 heteroatoms. The number of nitrogens with one attached hydrogen (secondary N) is 1. The van der Waals surface area contributed by atoms with Crippen molar-refractivity contribution in [3.63, 3.8) is 0 Å². The first-order chi connectivity index (χ1) is 8.17. The molecule has 1 rings (SSSR count). The summed E-state index contributed by atoms with van der Waals surface area (Å²) in [6, 6.07) is 5.41. The molecule has 0 aliphatic heterocycles. The van der Waals surface area contributed by atoms with Crippen molar-refractivity contribution in [1.82, 2.24) is 5.32 Å². The summed E-state index contributed by atoms with van der Waals surface area (Å²) in [7, 11) is 0. The van der Waals surface area contributed by atoms with E-state index in [1.807, 2.05) is 13.0 Å². The maximum absolute atomic E-state index is 11.2. The SMILES string of the molecule is CCCOc1ccc(Cl)cc1CNC(=O)CBr. The summed E-state index contributed by atoms with van der Waals surface area (Å²) < 4.78 is 5.59. The third-order valence-electron chi connectivity index (χ3n) is 2.08. The van der Waals surface area contributed by atoms with Crippen LogP contribution in [0, 0.1) is 0 Å². The van der Waals surface area contributed by atoms with Crippen LogP contribution >= 0.6 is 27.5 Å². The fraction of sp³-hybridized carbons (Fsp3) is 0.417. The Hall–Kier alpha value is -0.740. The zero-order chi connectivity index (χ0) is 12.7. The number of amides is 1. The van der Waals surface area contributed by atoms with Crippen molar-refractivity contribution in [3.8, 4) is 5.75 Å². The highest BCUT2D eigenvalue weighted by Gasteiger charge is 2.06. The first-order valence-electron chi connectivity index (χ1n) is 5.41. The van der Waals surface area contributed by atoms with Crippen LogP contribution in [0.4, 0.5) is 0 Å². The van der Waals surface area contributed by atoms with Crippen LogP contribution in [0.15, 0.2) is 18.2 Å². The van der Waals surface area contributed by atoms with Crippen molar-refractivity contribution in [1.29, 1.82) is 0 Å². The van der Waals surface area contributed by atoms with E-state index >= 15 is 0 Å². The van der Waals surface area contributed by atoms with Crippen LogP contribution < -0.4 is 10.1 Å². The number of rotatable bonds is 6. The standard InChI is InChI=1S/C12H15BrClNO2/c1-2-5-17-11-4-3-10(14)6-9(11)8-15-12(16)7-13/h3-4,6H,2,5,7-8H2,1H3,(H,15,16). The van der Waals surface area contributed by atoms with Crippen LogP contribution in [0.25, 0.3) is 0 Å². The maximum Gasteiger partial charge on any atom is 0.230 e. The van der Waals surface area contributed by atoms with Gasteiger partial charge in [0.05, 0.1) is 11.9 Å². The molecule has 0 fully saturated rings. The fourth-order valence-electron chi connectivity index (χ4n) is 1.28. The Morgan fingerprint density at radius 3 is 2.94 bits per heavy atom. The zero-order valence-corrected chi connectivity index (χ0v) is 12.0. The van der Waals surface area contributed by atoms with Crippen LogP contribution in [0.5, 0.6) is 5.75 Å². The van der Waals surface area contributed by atoms with Gasteiger partial charge in [0, 0.05) is 17.1 Å². The molecule has 17 heavy (non-hydrogen) atoms. The first-order valence-corrected chi connectivity index (χ1v) is 6.91. The molecule has 3 nitrogen and oxygen atoms in total. The number of hydrogen-bond acceptors (Lipinski definition) is 2. The van der Waals surface area contributed by atoms with E-state index < -0.39 is 0 Å². The number of halogens is 2. The van der Waals surface area contributed by atoms with Gasteiger partial charge in [-0.25, -0.2) is 0 Å². The van der Waals surface area contributed by atoms with Gasteiger partial charge >= 0.3 is 0 Å². The van der Waals surface area contributed by atoms with Gasteiger partial charge in [0.25, 0.3) is 0 Å². The van der Waals surface area contributed by atoms with Gasteiger partial charge in [-0.1, -0.05) is 34.5 Å². The molecule has 0 radical (unpaired) electrons. The Balaban J connectivity index is 2.72. The van der Waals surface area contributed by atoms with E-state index in [4.69, 9.17) is 16.3 Å². The Kier molecular flexibility index (Phi) is 6.37. The summed E-state index contributed by atoms with van der Waals surface area (Å²) >= 11 is 9.02. The number of carbonyl (C=O) groups is 1. The maximum atomic E-state index is 11.2. The summed E-state index contributed by atoms with van der Waals surface area (Å²) in [5, 5.41) is 3.69. The Bertz CT molecular complexity index is 385. The molecule has 0 heterocycles. The number of carbonyl (C=O) groups excluding carboxylic acids is 1. The van der Waals surface area contributed by atoms with Crippen LogP contribution in [-0.4, -0.2) is 17.8 Å². The Morgan fingerprint density at radius 1 is 1.53 bits per heavy atom. The smallest absolute Gasteiger partial charge is 0.230 e. The molecular weight excluding hydrogens is 305 g/mol. The molecule has 94 valence electrons. The van der Waals surface area contributed by atoms with Gasteiger partial charge in [-0.15, -0.1) is 0 Å². The quantitative estimate of drug-likeness (QED) is 0.818. The van der Waals surface area contributed by atoms with Gasteiger partial charge in [0.15, 0.2) is 0 Å². The largest absolute Gasteiger partial charge is 0.493 e. The zero-order valence-electron chi connectivity index (χ0n) is 9.63. The monoisotopic (exact) mass is 319 g/mol. The second-order valence-electron chi connectivity index (χ2n) is 3.51. The van der Waals surface area contributed by atoms with Gasteiger partial charge in [0.1, 0.15) is 5.75 Å². The minimum absolute atomic E-state index is 0.0635. The molecule has 1 aromatic carbocycles. The molecule has 0 aromatic heterocycles. The highest BCUT2D eigenvalue weighted by atomic mass is 79.9.